The molecule has 1 aliphatic heterocycles. The van der Waals surface area contributed by atoms with Gasteiger partial charge in [0.15, 0.2) is 5.11 Å². The van der Waals surface area contributed by atoms with Gasteiger partial charge in [-0.05, 0) is 54.9 Å². The minimum atomic E-state index is 0.811. The predicted molar refractivity (Wildman–Crippen MR) is 110 cm³/mol. The first-order valence-corrected chi connectivity index (χ1v) is 9.40. The minimum absolute atomic E-state index is 0.811. The molecule has 0 spiro atoms. The van der Waals surface area contributed by atoms with E-state index >= 15 is 0 Å². The summed E-state index contributed by atoms with van der Waals surface area (Å²) in [6.45, 7) is 8.93. The fourth-order valence-corrected chi connectivity index (χ4v) is 3.53. The number of nitrogens with zero attached hydrogens (tertiary/aromatic N) is 2. The molecule has 1 fully saturated rings. The lowest BCUT2D eigenvalue weighted by Crippen LogP contribution is -2.49. The third kappa shape index (κ3) is 4.72. The lowest BCUT2D eigenvalue weighted by molar-refractivity contribution is 0.177. The highest BCUT2D eigenvalue weighted by molar-refractivity contribution is 7.80. The van der Waals surface area contributed by atoms with E-state index in [1.54, 1.807) is 0 Å². The molecule has 0 aromatic heterocycles. The fourth-order valence-electron chi connectivity index (χ4n) is 3.04. The van der Waals surface area contributed by atoms with Crippen molar-refractivity contribution in [2.24, 2.45) is 0 Å². The molecule has 0 aliphatic carbocycles. The summed E-state index contributed by atoms with van der Waals surface area (Å²) in [5.74, 6) is 0. The Morgan fingerprint density at radius 2 is 1.80 bits per heavy atom. The van der Waals surface area contributed by atoms with Gasteiger partial charge in [-0.2, -0.15) is 0 Å². The average molecular weight is 374 g/mol. The first-order chi connectivity index (χ1) is 12.0. The standard InChI is InChI=1S/C20H24ClN3S/c1-15-7-8-16(2)19(13-15)22-20(25)24-11-9-23(10-12-24)14-17-5-3-4-6-18(17)21/h3-8,13H,9-12,14H2,1-2H3,(H,22,25). The lowest BCUT2D eigenvalue weighted by Gasteiger charge is -2.36. The van der Waals surface area contributed by atoms with E-state index in [9.17, 15) is 0 Å². The van der Waals surface area contributed by atoms with E-state index in [1.165, 1.54) is 16.7 Å². The summed E-state index contributed by atoms with van der Waals surface area (Å²) in [6, 6.07) is 14.5. The third-order valence-corrected chi connectivity index (χ3v) is 5.37. The molecule has 3 rings (SSSR count). The Morgan fingerprint density at radius 3 is 2.52 bits per heavy atom. The summed E-state index contributed by atoms with van der Waals surface area (Å²) in [5, 5.41) is 5.07. The number of benzene rings is 2. The van der Waals surface area contributed by atoms with Crippen LogP contribution in [0.25, 0.3) is 0 Å². The molecule has 132 valence electrons. The third-order valence-electron chi connectivity index (χ3n) is 4.65. The maximum absolute atomic E-state index is 6.27. The van der Waals surface area contributed by atoms with Crippen molar-refractivity contribution in [3.8, 4) is 0 Å². The predicted octanol–water partition coefficient (Wildman–Crippen LogP) is 4.47. The summed E-state index contributed by atoms with van der Waals surface area (Å²) < 4.78 is 0. The van der Waals surface area contributed by atoms with Gasteiger partial charge in [0.1, 0.15) is 0 Å². The maximum atomic E-state index is 6.27. The summed E-state index contributed by atoms with van der Waals surface area (Å²) >= 11 is 11.9. The number of anilines is 1. The van der Waals surface area contributed by atoms with Crippen LogP contribution in [0.2, 0.25) is 5.02 Å². The monoisotopic (exact) mass is 373 g/mol. The van der Waals surface area contributed by atoms with Crippen molar-refractivity contribution in [1.82, 2.24) is 9.80 Å². The number of rotatable bonds is 3. The van der Waals surface area contributed by atoms with Gasteiger partial charge in [0.2, 0.25) is 0 Å². The molecule has 0 saturated carbocycles. The lowest BCUT2D eigenvalue weighted by atomic mass is 10.1. The quantitative estimate of drug-likeness (QED) is 0.799. The molecular weight excluding hydrogens is 350 g/mol. The van der Waals surface area contributed by atoms with Gasteiger partial charge in [0.25, 0.3) is 0 Å². The van der Waals surface area contributed by atoms with Gasteiger partial charge < -0.3 is 10.2 Å². The molecule has 1 N–H and O–H groups in total. The molecule has 0 atom stereocenters. The van der Waals surface area contributed by atoms with Crippen LogP contribution in [0.1, 0.15) is 16.7 Å². The first-order valence-electron chi connectivity index (χ1n) is 8.62. The van der Waals surface area contributed by atoms with Crippen LogP contribution in [0.3, 0.4) is 0 Å². The average Bonchev–Trinajstić information content (AvgIpc) is 2.61. The molecular formula is C20H24ClN3S. The zero-order chi connectivity index (χ0) is 17.8. The van der Waals surface area contributed by atoms with Crippen LogP contribution >= 0.6 is 23.8 Å². The number of nitrogens with one attached hydrogen (secondary N) is 1. The van der Waals surface area contributed by atoms with Crippen molar-refractivity contribution >= 4 is 34.6 Å². The Kier molecular flexibility index (Phi) is 5.94. The van der Waals surface area contributed by atoms with Gasteiger partial charge in [-0.1, -0.05) is 41.9 Å². The van der Waals surface area contributed by atoms with Crippen LogP contribution in [0.4, 0.5) is 5.69 Å². The topological polar surface area (TPSA) is 18.5 Å². The van der Waals surface area contributed by atoms with Crippen molar-refractivity contribution in [2.75, 3.05) is 31.5 Å². The SMILES string of the molecule is Cc1ccc(C)c(NC(=S)N2CCN(Cc3ccccc3Cl)CC2)c1. The highest BCUT2D eigenvalue weighted by Gasteiger charge is 2.20. The highest BCUT2D eigenvalue weighted by Crippen LogP contribution is 2.19. The van der Waals surface area contributed by atoms with Crippen LogP contribution in [-0.2, 0) is 6.54 Å². The van der Waals surface area contributed by atoms with E-state index in [-0.39, 0.29) is 0 Å². The van der Waals surface area contributed by atoms with E-state index in [0.29, 0.717) is 0 Å². The van der Waals surface area contributed by atoms with E-state index < -0.39 is 0 Å². The van der Waals surface area contributed by atoms with Crippen molar-refractivity contribution < 1.29 is 0 Å². The number of halogens is 1. The summed E-state index contributed by atoms with van der Waals surface area (Å²) in [7, 11) is 0. The Hall–Kier alpha value is -1.62. The minimum Gasteiger partial charge on any atom is -0.346 e. The molecule has 5 heteroatoms. The Morgan fingerprint density at radius 1 is 1.08 bits per heavy atom. The first kappa shape index (κ1) is 18.2. The molecule has 25 heavy (non-hydrogen) atoms. The van der Waals surface area contributed by atoms with Crippen molar-refractivity contribution in [3.63, 3.8) is 0 Å². The second kappa shape index (κ2) is 8.17. The largest absolute Gasteiger partial charge is 0.346 e. The van der Waals surface area contributed by atoms with Gasteiger partial charge >= 0.3 is 0 Å². The number of hydrogen-bond acceptors (Lipinski definition) is 2. The number of piperazine rings is 1. The van der Waals surface area contributed by atoms with Crippen molar-refractivity contribution in [1.29, 1.82) is 0 Å². The normalized spacial score (nSPS) is 15.2. The van der Waals surface area contributed by atoms with Crippen molar-refractivity contribution in [2.45, 2.75) is 20.4 Å². The molecule has 0 bridgehead atoms. The molecule has 0 radical (unpaired) electrons. The highest BCUT2D eigenvalue weighted by atomic mass is 35.5. The molecule has 2 aromatic rings. The number of aryl methyl sites for hydroxylation is 2. The number of thiocarbonyl (C=S) groups is 1. The second-order valence-electron chi connectivity index (χ2n) is 6.60. The van der Waals surface area contributed by atoms with E-state index in [0.717, 1.165) is 48.5 Å². The van der Waals surface area contributed by atoms with Gasteiger partial charge in [0.05, 0.1) is 0 Å². The van der Waals surface area contributed by atoms with E-state index in [2.05, 4.69) is 53.2 Å². The molecule has 0 amide bonds. The van der Waals surface area contributed by atoms with Gasteiger partial charge in [0, 0.05) is 43.4 Å². The Bertz CT molecular complexity index is 754. The molecule has 3 nitrogen and oxygen atoms in total. The molecule has 1 aliphatic rings. The van der Waals surface area contributed by atoms with Gasteiger partial charge in [-0.25, -0.2) is 0 Å². The summed E-state index contributed by atoms with van der Waals surface area (Å²) in [4.78, 5) is 4.68. The zero-order valence-electron chi connectivity index (χ0n) is 14.8. The maximum Gasteiger partial charge on any atom is 0.173 e. The second-order valence-corrected chi connectivity index (χ2v) is 7.40. The van der Waals surface area contributed by atoms with Gasteiger partial charge in [-0.15, -0.1) is 0 Å². The molecule has 1 heterocycles. The van der Waals surface area contributed by atoms with Crippen molar-refractivity contribution in [3.05, 3.63) is 64.2 Å². The van der Waals surface area contributed by atoms with Crippen LogP contribution in [-0.4, -0.2) is 41.1 Å². The zero-order valence-corrected chi connectivity index (χ0v) is 16.3. The number of hydrogen-bond donors (Lipinski definition) is 1. The molecule has 1 saturated heterocycles. The van der Waals surface area contributed by atoms with E-state index in [4.69, 9.17) is 23.8 Å². The fraction of sp³-hybridized carbons (Fsp3) is 0.350. The molecule has 2 aromatic carbocycles. The van der Waals surface area contributed by atoms with Crippen LogP contribution in [0.5, 0.6) is 0 Å². The smallest absolute Gasteiger partial charge is 0.173 e. The Labute approximate surface area is 160 Å². The molecule has 0 unspecified atom stereocenters. The van der Waals surface area contributed by atoms with E-state index in [1.807, 2.05) is 18.2 Å². The van der Waals surface area contributed by atoms with Gasteiger partial charge in [-0.3, -0.25) is 4.90 Å². The van der Waals surface area contributed by atoms with Crippen LogP contribution < -0.4 is 5.32 Å². The Balaban J connectivity index is 1.54. The summed E-state index contributed by atoms with van der Waals surface area (Å²) in [5.41, 5.74) is 4.74. The van der Waals surface area contributed by atoms with Crippen LogP contribution in [0, 0.1) is 13.8 Å². The summed E-state index contributed by atoms with van der Waals surface area (Å²) in [6.07, 6.45) is 0. The van der Waals surface area contributed by atoms with Crippen LogP contribution in [0.15, 0.2) is 42.5 Å².